The fraction of sp³-hybridized carbons (Fsp3) is 0.538. The number of carbonyl (C=O) groups excluding carboxylic acids is 1. The summed E-state index contributed by atoms with van der Waals surface area (Å²) >= 11 is 1.71. The monoisotopic (exact) mass is 307 g/mol. The number of thioether (sulfide) groups is 1. The number of fused-ring (bicyclic) bond motifs is 1. The maximum atomic E-state index is 12.1. The zero-order chi connectivity index (χ0) is 14.8. The first-order chi connectivity index (χ1) is 10.1. The summed E-state index contributed by atoms with van der Waals surface area (Å²) in [6, 6.07) is 3.62. The number of rotatable bonds is 4. The molecule has 1 fully saturated rings. The SMILES string of the molecule is NC(=O)Cn1nc2ccc(SC3CCCCC3)nn2c1=O. The molecule has 0 aliphatic heterocycles. The van der Waals surface area contributed by atoms with Crippen LogP contribution in [-0.2, 0) is 11.3 Å². The van der Waals surface area contributed by atoms with Crippen LogP contribution in [0.25, 0.3) is 5.65 Å². The Bertz CT molecular complexity index is 717. The van der Waals surface area contributed by atoms with Crippen molar-refractivity contribution < 1.29 is 4.79 Å². The summed E-state index contributed by atoms with van der Waals surface area (Å²) in [6.45, 7) is -0.229. The van der Waals surface area contributed by atoms with Gasteiger partial charge < -0.3 is 5.73 Å². The molecule has 0 bridgehead atoms. The van der Waals surface area contributed by atoms with E-state index in [1.54, 1.807) is 17.8 Å². The Balaban J connectivity index is 1.86. The van der Waals surface area contributed by atoms with Crippen molar-refractivity contribution >= 4 is 23.3 Å². The molecule has 2 aromatic rings. The quantitative estimate of drug-likeness (QED) is 0.901. The van der Waals surface area contributed by atoms with Crippen molar-refractivity contribution in [1.82, 2.24) is 19.4 Å². The molecule has 2 aromatic heterocycles. The maximum absolute atomic E-state index is 12.1. The summed E-state index contributed by atoms with van der Waals surface area (Å²) in [4.78, 5) is 23.0. The van der Waals surface area contributed by atoms with E-state index < -0.39 is 11.6 Å². The fourth-order valence-corrected chi connectivity index (χ4v) is 3.74. The Morgan fingerprint density at radius 2 is 2.05 bits per heavy atom. The molecule has 1 amide bonds. The van der Waals surface area contributed by atoms with Crippen LogP contribution in [0, 0.1) is 0 Å². The molecule has 1 aliphatic rings. The first-order valence-electron chi connectivity index (χ1n) is 7.05. The summed E-state index contributed by atoms with van der Waals surface area (Å²) in [6.07, 6.45) is 6.22. The molecule has 2 N–H and O–H groups in total. The van der Waals surface area contributed by atoms with E-state index >= 15 is 0 Å². The second-order valence-corrected chi connectivity index (χ2v) is 6.55. The predicted molar refractivity (Wildman–Crippen MR) is 79.2 cm³/mol. The highest BCUT2D eigenvalue weighted by atomic mass is 32.2. The molecule has 8 heteroatoms. The number of nitrogens with two attached hydrogens (primary N) is 1. The van der Waals surface area contributed by atoms with Crippen molar-refractivity contribution in [3.8, 4) is 0 Å². The van der Waals surface area contributed by atoms with E-state index in [-0.39, 0.29) is 6.54 Å². The predicted octanol–water partition coefficient (Wildman–Crippen LogP) is 0.801. The van der Waals surface area contributed by atoms with Crippen molar-refractivity contribution in [1.29, 1.82) is 0 Å². The van der Waals surface area contributed by atoms with Gasteiger partial charge in [-0.1, -0.05) is 19.3 Å². The third-order valence-corrected chi connectivity index (χ3v) is 4.82. The van der Waals surface area contributed by atoms with Gasteiger partial charge in [-0.3, -0.25) is 4.79 Å². The van der Waals surface area contributed by atoms with E-state index in [4.69, 9.17) is 5.73 Å². The van der Waals surface area contributed by atoms with Gasteiger partial charge in [0.1, 0.15) is 11.6 Å². The Morgan fingerprint density at radius 1 is 1.29 bits per heavy atom. The molecule has 0 aromatic carbocycles. The molecule has 0 spiro atoms. The van der Waals surface area contributed by atoms with Crippen molar-refractivity contribution in [3.05, 3.63) is 22.6 Å². The van der Waals surface area contributed by atoms with Crippen LogP contribution in [0.4, 0.5) is 0 Å². The zero-order valence-electron chi connectivity index (χ0n) is 11.6. The van der Waals surface area contributed by atoms with Crippen molar-refractivity contribution in [2.24, 2.45) is 5.73 Å². The first-order valence-corrected chi connectivity index (χ1v) is 7.93. The van der Waals surface area contributed by atoms with Gasteiger partial charge in [0.15, 0.2) is 5.65 Å². The number of amides is 1. The minimum Gasteiger partial charge on any atom is -0.368 e. The molecule has 0 unspecified atom stereocenters. The Labute approximate surface area is 125 Å². The molecular formula is C13H17N5O2S. The molecule has 1 saturated carbocycles. The van der Waals surface area contributed by atoms with Crippen LogP contribution < -0.4 is 11.4 Å². The molecule has 0 radical (unpaired) electrons. The number of hydrogen-bond acceptors (Lipinski definition) is 5. The molecular weight excluding hydrogens is 290 g/mol. The number of primary amides is 1. The van der Waals surface area contributed by atoms with E-state index in [0.717, 1.165) is 9.71 Å². The van der Waals surface area contributed by atoms with Crippen LogP contribution in [0.15, 0.2) is 22.0 Å². The average Bonchev–Trinajstić information content (AvgIpc) is 2.76. The molecule has 1 aliphatic carbocycles. The van der Waals surface area contributed by atoms with Crippen molar-refractivity contribution in [3.63, 3.8) is 0 Å². The number of aromatic nitrogens is 4. The molecule has 0 saturated heterocycles. The molecule has 7 nitrogen and oxygen atoms in total. The van der Waals surface area contributed by atoms with Gasteiger partial charge in [0.05, 0.1) is 0 Å². The topological polar surface area (TPSA) is 95.3 Å². The highest BCUT2D eigenvalue weighted by molar-refractivity contribution is 7.99. The Kier molecular flexibility index (Phi) is 3.96. The molecule has 0 atom stereocenters. The van der Waals surface area contributed by atoms with Crippen molar-refractivity contribution in [2.45, 2.75) is 48.9 Å². The second-order valence-electron chi connectivity index (χ2n) is 5.23. The van der Waals surface area contributed by atoms with Gasteiger partial charge in [-0.15, -0.1) is 16.9 Å². The lowest BCUT2D eigenvalue weighted by molar-refractivity contribution is -0.118. The lowest BCUT2D eigenvalue weighted by Gasteiger charge is -2.20. The summed E-state index contributed by atoms with van der Waals surface area (Å²) in [5, 5.41) is 9.75. The molecule has 3 rings (SSSR count). The normalized spacial score (nSPS) is 16.4. The van der Waals surface area contributed by atoms with Crippen molar-refractivity contribution in [2.75, 3.05) is 0 Å². The second kappa shape index (κ2) is 5.88. The lowest BCUT2D eigenvalue weighted by atomic mass is 10.0. The van der Waals surface area contributed by atoms with Crippen LogP contribution in [0.5, 0.6) is 0 Å². The summed E-state index contributed by atoms with van der Waals surface area (Å²) < 4.78 is 2.27. The standard InChI is InChI=1S/C13H17N5O2S/c14-10(19)8-17-13(20)18-11(15-17)6-7-12(16-18)21-9-4-2-1-3-5-9/h6-7,9H,1-5,8H2,(H2,14,19). The van der Waals surface area contributed by atoms with E-state index in [2.05, 4.69) is 10.2 Å². The lowest BCUT2D eigenvalue weighted by Crippen LogP contribution is -2.29. The van der Waals surface area contributed by atoms with Crippen LogP contribution in [0.1, 0.15) is 32.1 Å². The number of hydrogen-bond donors (Lipinski definition) is 1. The van der Waals surface area contributed by atoms with Crippen LogP contribution in [0.2, 0.25) is 0 Å². The Hall–Kier alpha value is -1.83. The van der Waals surface area contributed by atoms with E-state index in [1.807, 2.05) is 6.07 Å². The average molecular weight is 307 g/mol. The highest BCUT2D eigenvalue weighted by Gasteiger charge is 2.16. The van der Waals surface area contributed by atoms with Crippen LogP contribution in [-0.4, -0.2) is 30.6 Å². The number of carbonyl (C=O) groups is 1. The van der Waals surface area contributed by atoms with E-state index in [1.165, 1.54) is 36.6 Å². The smallest absolute Gasteiger partial charge is 0.367 e. The molecule has 2 heterocycles. The van der Waals surface area contributed by atoms with Gasteiger partial charge in [0, 0.05) is 5.25 Å². The highest BCUT2D eigenvalue weighted by Crippen LogP contribution is 2.32. The molecule has 21 heavy (non-hydrogen) atoms. The zero-order valence-corrected chi connectivity index (χ0v) is 12.4. The third kappa shape index (κ3) is 3.10. The summed E-state index contributed by atoms with van der Waals surface area (Å²) in [5.41, 5.74) is 5.09. The van der Waals surface area contributed by atoms with E-state index in [9.17, 15) is 9.59 Å². The van der Waals surface area contributed by atoms with Crippen LogP contribution in [0.3, 0.4) is 0 Å². The maximum Gasteiger partial charge on any atom is 0.367 e. The minimum atomic E-state index is -0.600. The van der Waals surface area contributed by atoms with Gasteiger partial charge >= 0.3 is 5.69 Å². The number of nitrogens with zero attached hydrogens (tertiary/aromatic N) is 4. The largest absolute Gasteiger partial charge is 0.368 e. The minimum absolute atomic E-state index is 0.229. The van der Waals surface area contributed by atoms with E-state index in [0.29, 0.717) is 10.9 Å². The van der Waals surface area contributed by atoms with Gasteiger partial charge in [0.25, 0.3) is 0 Å². The van der Waals surface area contributed by atoms with Gasteiger partial charge in [-0.05, 0) is 25.0 Å². The van der Waals surface area contributed by atoms with Crippen LogP contribution >= 0.6 is 11.8 Å². The summed E-state index contributed by atoms with van der Waals surface area (Å²) in [5.74, 6) is -0.600. The van der Waals surface area contributed by atoms with Gasteiger partial charge in [-0.2, -0.15) is 9.61 Å². The van der Waals surface area contributed by atoms with Gasteiger partial charge in [0.2, 0.25) is 5.91 Å². The fourth-order valence-electron chi connectivity index (χ4n) is 2.56. The van der Waals surface area contributed by atoms with Gasteiger partial charge in [-0.25, -0.2) is 9.48 Å². The first kappa shape index (κ1) is 14.1. The third-order valence-electron chi connectivity index (χ3n) is 3.56. The molecule has 112 valence electrons. The summed E-state index contributed by atoms with van der Waals surface area (Å²) in [7, 11) is 0. The Morgan fingerprint density at radius 3 is 2.76 bits per heavy atom.